The van der Waals surface area contributed by atoms with Crippen LogP contribution < -0.4 is 0 Å². The summed E-state index contributed by atoms with van der Waals surface area (Å²) in [6, 6.07) is 0. The first-order valence-corrected chi connectivity index (χ1v) is 10.9. The van der Waals surface area contributed by atoms with Crippen molar-refractivity contribution in [3.8, 4) is 0 Å². The standard InChI is InChI=1S/C6H8N2O2.C5H7BrN2.C5H8N2.C5H11NO/c1-8-4-7-3-5(8)6(9)10-2;1-4-5(6)3-8(2)7-4;1-5-6-3-4-7(5)2;1-6-2-4-7-5-3-6/h3-4H,1-2H3;3H,1-2H3;3-4H,1-2H3;2-5H2,1H3. The number of hydrogen-bond acceptors (Lipinski definition) is 7. The van der Waals surface area contributed by atoms with Crippen molar-refractivity contribution in [2.24, 2.45) is 21.1 Å². The van der Waals surface area contributed by atoms with E-state index in [2.05, 4.69) is 47.7 Å². The van der Waals surface area contributed by atoms with Crippen molar-refractivity contribution >= 4 is 21.9 Å². The lowest BCUT2D eigenvalue weighted by Crippen LogP contribution is -2.32. The van der Waals surface area contributed by atoms with Gasteiger partial charge in [-0.25, -0.2) is 14.8 Å². The molecule has 4 heterocycles. The SMILES string of the molecule is CN1CCOCC1.COC(=O)c1cncn1C.Cc1nccn1C.Cc1nn(C)cc1Br. The molecule has 1 saturated heterocycles. The van der Waals surface area contributed by atoms with Crippen molar-refractivity contribution < 1.29 is 14.3 Å². The van der Waals surface area contributed by atoms with Crippen LogP contribution in [0.4, 0.5) is 0 Å². The van der Waals surface area contributed by atoms with Crippen LogP contribution in [0.5, 0.6) is 0 Å². The quantitative estimate of drug-likeness (QED) is 0.463. The van der Waals surface area contributed by atoms with Crippen molar-refractivity contribution in [3.63, 3.8) is 0 Å². The van der Waals surface area contributed by atoms with Crippen LogP contribution in [0, 0.1) is 13.8 Å². The fraction of sp³-hybridized carbons (Fsp3) is 0.524. The minimum Gasteiger partial charge on any atom is -0.464 e. The van der Waals surface area contributed by atoms with Gasteiger partial charge < -0.3 is 23.5 Å². The Bertz CT molecular complexity index is 894. The van der Waals surface area contributed by atoms with E-state index in [9.17, 15) is 4.79 Å². The predicted molar refractivity (Wildman–Crippen MR) is 126 cm³/mol. The highest BCUT2D eigenvalue weighted by atomic mass is 79.9. The zero-order chi connectivity index (χ0) is 24.1. The van der Waals surface area contributed by atoms with E-state index in [1.165, 1.54) is 13.3 Å². The average Bonchev–Trinajstić information content (AvgIpc) is 3.44. The Kier molecular flexibility index (Phi) is 12.5. The summed E-state index contributed by atoms with van der Waals surface area (Å²) in [6.07, 6.45) is 8.65. The number of aromatic nitrogens is 6. The summed E-state index contributed by atoms with van der Waals surface area (Å²) >= 11 is 3.33. The summed E-state index contributed by atoms with van der Waals surface area (Å²) in [7, 11) is 9.07. The van der Waals surface area contributed by atoms with E-state index in [4.69, 9.17) is 4.74 Å². The highest BCUT2D eigenvalue weighted by molar-refractivity contribution is 9.10. The maximum absolute atomic E-state index is 10.8. The maximum atomic E-state index is 10.8. The van der Waals surface area contributed by atoms with Crippen LogP contribution in [-0.4, -0.2) is 80.2 Å². The molecule has 11 heteroatoms. The van der Waals surface area contributed by atoms with Gasteiger partial charge in [0.25, 0.3) is 0 Å². The lowest BCUT2D eigenvalue weighted by Gasteiger charge is -2.21. The fourth-order valence-corrected chi connectivity index (χ4v) is 2.70. The van der Waals surface area contributed by atoms with Gasteiger partial charge in [-0.2, -0.15) is 5.10 Å². The number of halogens is 1. The van der Waals surface area contributed by atoms with Crippen molar-refractivity contribution in [2.45, 2.75) is 13.8 Å². The van der Waals surface area contributed by atoms with Gasteiger partial charge in [0.1, 0.15) is 11.5 Å². The van der Waals surface area contributed by atoms with Crippen LogP contribution in [0.15, 0.2) is 35.6 Å². The Morgan fingerprint density at radius 1 is 1.12 bits per heavy atom. The number of morpholine rings is 1. The summed E-state index contributed by atoms with van der Waals surface area (Å²) in [5.41, 5.74) is 1.50. The molecule has 1 aliphatic rings. The normalized spacial score (nSPS) is 13.0. The zero-order valence-corrected chi connectivity index (χ0v) is 21.5. The van der Waals surface area contributed by atoms with Gasteiger partial charge in [-0.15, -0.1) is 0 Å². The van der Waals surface area contributed by atoms with Crippen LogP contribution >= 0.6 is 15.9 Å². The number of ether oxygens (including phenoxy) is 2. The molecule has 1 aliphatic heterocycles. The summed E-state index contributed by atoms with van der Waals surface area (Å²) < 4.78 is 16.0. The van der Waals surface area contributed by atoms with E-state index in [0.29, 0.717) is 5.69 Å². The molecule has 0 bridgehead atoms. The lowest BCUT2D eigenvalue weighted by molar-refractivity contribution is 0.0503. The van der Waals surface area contributed by atoms with E-state index in [1.807, 2.05) is 44.9 Å². The van der Waals surface area contributed by atoms with Crippen LogP contribution in [0.2, 0.25) is 0 Å². The Morgan fingerprint density at radius 3 is 2.03 bits per heavy atom. The van der Waals surface area contributed by atoms with Gasteiger partial charge in [0.2, 0.25) is 0 Å². The molecule has 0 atom stereocenters. The number of nitrogens with zero attached hydrogens (tertiary/aromatic N) is 7. The number of aryl methyl sites for hydroxylation is 5. The van der Waals surface area contributed by atoms with Gasteiger partial charge in [0.15, 0.2) is 0 Å². The van der Waals surface area contributed by atoms with E-state index < -0.39 is 0 Å². The van der Waals surface area contributed by atoms with Crippen molar-refractivity contribution in [3.05, 3.63) is 52.8 Å². The molecule has 4 rings (SSSR count). The Hall–Kier alpha value is -2.50. The molecule has 0 amide bonds. The molecule has 10 nitrogen and oxygen atoms in total. The third kappa shape index (κ3) is 10.2. The molecule has 0 aliphatic carbocycles. The Labute approximate surface area is 198 Å². The number of carbonyl (C=O) groups excluding carboxylic acids is 1. The van der Waals surface area contributed by atoms with Gasteiger partial charge in [0.05, 0.1) is 43.0 Å². The zero-order valence-electron chi connectivity index (χ0n) is 19.9. The molecule has 0 saturated carbocycles. The van der Waals surface area contributed by atoms with E-state index in [0.717, 1.165) is 42.3 Å². The van der Waals surface area contributed by atoms with Crippen molar-refractivity contribution in [1.29, 1.82) is 0 Å². The number of likely N-dealkylation sites (N-methyl/N-ethyl adjacent to an activating group) is 1. The fourth-order valence-electron chi connectivity index (χ4n) is 2.32. The maximum Gasteiger partial charge on any atom is 0.356 e. The first-order valence-electron chi connectivity index (χ1n) is 10.1. The minimum absolute atomic E-state index is 0.361. The van der Waals surface area contributed by atoms with E-state index >= 15 is 0 Å². The second kappa shape index (κ2) is 14.5. The highest BCUT2D eigenvalue weighted by Crippen LogP contribution is 2.11. The van der Waals surface area contributed by atoms with Crippen molar-refractivity contribution in [1.82, 2.24) is 33.8 Å². The number of hydrogen-bond donors (Lipinski definition) is 0. The van der Waals surface area contributed by atoms with E-state index in [1.54, 1.807) is 28.8 Å². The third-order valence-electron chi connectivity index (χ3n) is 4.46. The lowest BCUT2D eigenvalue weighted by atomic mass is 10.5. The Balaban J connectivity index is 0.000000216. The average molecular weight is 512 g/mol. The predicted octanol–water partition coefficient (Wildman–Crippen LogP) is 2.37. The van der Waals surface area contributed by atoms with Gasteiger partial charge in [-0.1, -0.05) is 0 Å². The third-order valence-corrected chi connectivity index (χ3v) is 5.24. The van der Waals surface area contributed by atoms with Gasteiger partial charge in [-0.05, 0) is 36.8 Å². The van der Waals surface area contributed by atoms with Crippen LogP contribution in [0.3, 0.4) is 0 Å². The molecule has 0 aromatic carbocycles. The molecule has 178 valence electrons. The Morgan fingerprint density at radius 2 is 1.78 bits per heavy atom. The van der Waals surface area contributed by atoms with Crippen LogP contribution in [0.25, 0.3) is 0 Å². The molecule has 3 aromatic heterocycles. The minimum atomic E-state index is -0.361. The molecule has 1 fully saturated rings. The van der Waals surface area contributed by atoms with Crippen molar-refractivity contribution in [2.75, 3.05) is 40.5 Å². The van der Waals surface area contributed by atoms with E-state index in [-0.39, 0.29) is 5.97 Å². The molecule has 0 N–H and O–H groups in total. The molecule has 3 aromatic rings. The molecule has 0 spiro atoms. The monoisotopic (exact) mass is 511 g/mol. The summed E-state index contributed by atoms with van der Waals surface area (Å²) in [5.74, 6) is 0.694. The van der Waals surface area contributed by atoms with Crippen LogP contribution in [0.1, 0.15) is 22.0 Å². The number of carbonyl (C=O) groups is 1. The molecule has 0 radical (unpaired) electrons. The smallest absolute Gasteiger partial charge is 0.356 e. The van der Waals surface area contributed by atoms with Gasteiger partial charge in [-0.3, -0.25) is 4.68 Å². The molecular weight excluding hydrogens is 478 g/mol. The number of imidazole rings is 2. The molecule has 32 heavy (non-hydrogen) atoms. The van der Waals surface area contributed by atoms with Gasteiger partial charge >= 0.3 is 5.97 Å². The second-order valence-corrected chi connectivity index (χ2v) is 7.97. The van der Waals surface area contributed by atoms with Gasteiger partial charge in [0, 0.05) is 52.8 Å². The number of esters is 1. The molecular formula is C21H34BrN7O3. The number of rotatable bonds is 1. The number of methoxy groups -OCH3 is 1. The second-order valence-electron chi connectivity index (χ2n) is 7.12. The first kappa shape index (κ1) is 27.5. The molecule has 0 unspecified atom stereocenters. The largest absolute Gasteiger partial charge is 0.464 e. The summed E-state index contributed by atoms with van der Waals surface area (Å²) in [5, 5.41) is 4.08. The summed E-state index contributed by atoms with van der Waals surface area (Å²) in [6.45, 7) is 7.96. The summed E-state index contributed by atoms with van der Waals surface area (Å²) in [4.78, 5) is 20.8. The topological polar surface area (TPSA) is 92.2 Å². The highest BCUT2D eigenvalue weighted by Gasteiger charge is 2.07. The van der Waals surface area contributed by atoms with Crippen LogP contribution in [-0.2, 0) is 30.6 Å². The first-order chi connectivity index (χ1) is 15.1.